The van der Waals surface area contributed by atoms with E-state index >= 15 is 0 Å². The van der Waals surface area contributed by atoms with Gasteiger partial charge in [-0.2, -0.15) is 5.10 Å². The fourth-order valence-corrected chi connectivity index (χ4v) is 3.74. The number of amides is 1. The average molecular weight is 302 g/mol. The molecule has 1 aliphatic rings. The highest BCUT2D eigenvalue weighted by atomic mass is 32.2. The molecule has 5 nitrogen and oxygen atoms in total. The van der Waals surface area contributed by atoms with Crippen LogP contribution >= 0.6 is 11.8 Å². The summed E-state index contributed by atoms with van der Waals surface area (Å²) in [6.07, 6.45) is 3.58. The normalized spacial score (nSPS) is 18.3. The molecule has 1 amide bonds. The first kappa shape index (κ1) is 14.2. The molecule has 6 heteroatoms. The van der Waals surface area contributed by atoms with Crippen LogP contribution < -0.4 is 10.6 Å². The van der Waals surface area contributed by atoms with Crippen LogP contribution in [0.3, 0.4) is 0 Å². The minimum absolute atomic E-state index is 0.0206. The van der Waals surface area contributed by atoms with E-state index in [1.165, 1.54) is 10.5 Å². The van der Waals surface area contributed by atoms with Gasteiger partial charge in [-0.25, -0.2) is 0 Å². The topological polar surface area (TPSA) is 59.0 Å². The number of aryl methyl sites for hydroxylation is 1. The third-order valence-electron chi connectivity index (χ3n) is 3.63. The smallest absolute Gasteiger partial charge is 0.242 e. The number of carbonyl (C=O) groups excluding carboxylic acids is 1. The van der Waals surface area contributed by atoms with Crippen LogP contribution in [0.2, 0.25) is 0 Å². The zero-order valence-corrected chi connectivity index (χ0v) is 12.9. The lowest BCUT2D eigenvalue weighted by molar-refractivity contribution is -0.123. The van der Waals surface area contributed by atoms with Crippen LogP contribution in [0.15, 0.2) is 41.6 Å². The van der Waals surface area contributed by atoms with E-state index in [1.54, 1.807) is 29.7 Å². The van der Waals surface area contributed by atoms with Gasteiger partial charge < -0.3 is 10.6 Å². The Morgan fingerprint density at radius 2 is 2.29 bits per heavy atom. The molecule has 110 valence electrons. The van der Waals surface area contributed by atoms with Crippen LogP contribution in [0.5, 0.6) is 0 Å². The Hall–Kier alpha value is -1.79. The van der Waals surface area contributed by atoms with Crippen LogP contribution in [0.1, 0.15) is 23.2 Å². The van der Waals surface area contributed by atoms with Crippen LogP contribution in [-0.4, -0.2) is 28.5 Å². The van der Waals surface area contributed by atoms with Crippen molar-refractivity contribution in [1.29, 1.82) is 0 Å². The standard InChI is InChI=1S/C15H18N4OS/c1-16-14(10-7-17-19(2)8-10)15(20)18-12-9-21-13-6-4-3-5-11(12)13/h3-8,12,14,16H,9H2,1-2H3,(H,18,20). The van der Waals surface area contributed by atoms with Crippen LogP contribution in [0.4, 0.5) is 0 Å². The zero-order valence-electron chi connectivity index (χ0n) is 12.0. The van der Waals surface area contributed by atoms with Gasteiger partial charge in [-0.15, -0.1) is 11.8 Å². The second kappa shape index (κ2) is 5.91. The third-order valence-corrected chi connectivity index (χ3v) is 4.81. The Bertz CT molecular complexity index is 655. The van der Waals surface area contributed by atoms with Crippen molar-refractivity contribution < 1.29 is 4.79 Å². The summed E-state index contributed by atoms with van der Waals surface area (Å²) in [7, 11) is 3.63. The first-order valence-corrected chi connectivity index (χ1v) is 7.85. The zero-order chi connectivity index (χ0) is 14.8. The number of aromatic nitrogens is 2. The number of fused-ring (bicyclic) bond motifs is 1. The predicted molar refractivity (Wildman–Crippen MR) is 83.1 cm³/mol. The van der Waals surface area contributed by atoms with Crippen molar-refractivity contribution in [3.63, 3.8) is 0 Å². The SMILES string of the molecule is CNC(C(=O)NC1CSc2ccccc21)c1cnn(C)c1. The summed E-state index contributed by atoms with van der Waals surface area (Å²) < 4.78 is 1.70. The molecule has 0 aliphatic carbocycles. The molecule has 2 atom stereocenters. The predicted octanol–water partition coefficient (Wildman–Crippen LogP) is 1.64. The Morgan fingerprint density at radius 3 is 3.00 bits per heavy atom. The maximum absolute atomic E-state index is 12.5. The van der Waals surface area contributed by atoms with E-state index in [9.17, 15) is 4.79 Å². The highest BCUT2D eigenvalue weighted by Gasteiger charge is 2.27. The molecule has 2 N–H and O–H groups in total. The Kier molecular flexibility index (Phi) is 3.98. The van der Waals surface area contributed by atoms with Gasteiger partial charge in [0.1, 0.15) is 6.04 Å². The van der Waals surface area contributed by atoms with Crippen molar-refractivity contribution in [2.45, 2.75) is 17.0 Å². The van der Waals surface area contributed by atoms with Gasteiger partial charge in [-0.3, -0.25) is 9.48 Å². The summed E-state index contributed by atoms with van der Waals surface area (Å²) in [5.41, 5.74) is 2.08. The molecule has 2 heterocycles. The Morgan fingerprint density at radius 1 is 1.48 bits per heavy atom. The molecule has 1 aromatic carbocycles. The fourth-order valence-electron chi connectivity index (χ4n) is 2.58. The minimum Gasteiger partial charge on any atom is -0.347 e. The van der Waals surface area contributed by atoms with Gasteiger partial charge in [0.25, 0.3) is 0 Å². The number of carbonyl (C=O) groups is 1. The lowest BCUT2D eigenvalue weighted by atomic mass is 10.1. The molecule has 1 aromatic heterocycles. The molecule has 0 spiro atoms. The van der Waals surface area contributed by atoms with Gasteiger partial charge in [0.2, 0.25) is 5.91 Å². The molecule has 2 aromatic rings. The first-order valence-electron chi connectivity index (χ1n) is 6.87. The average Bonchev–Trinajstić information content (AvgIpc) is 3.07. The van der Waals surface area contributed by atoms with E-state index in [0.29, 0.717) is 0 Å². The van der Waals surface area contributed by atoms with Crippen LogP contribution in [0, 0.1) is 0 Å². The summed E-state index contributed by atoms with van der Waals surface area (Å²) >= 11 is 1.79. The number of nitrogens with zero attached hydrogens (tertiary/aromatic N) is 2. The maximum Gasteiger partial charge on any atom is 0.242 e. The van der Waals surface area contributed by atoms with E-state index < -0.39 is 0 Å². The van der Waals surface area contributed by atoms with E-state index in [2.05, 4.69) is 27.9 Å². The number of thioether (sulfide) groups is 1. The molecule has 1 aliphatic heterocycles. The number of hydrogen-bond donors (Lipinski definition) is 2. The lowest BCUT2D eigenvalue weighted by Crippen LogP contribution is -2.38. The van der Waals surface area contributed by atoms with Gasteiger partial charge in [0, 0.05) is 29.5 Å². The largest absolute Gasteiger partial charge is 0.347 e. The highest BCUT2D eigenvalue weighted by molar-refractivity contribution is 7.99. The van der Waals surface area contributed by atoms with E-state index in [1.807, 2.05) is 25.4 Å². The van der Waals surface area contributed by atoms with Crippen molar-refractivity contribution in [1.82, 2.24) is 20.4 Å². The molecule has 2 unspecified atom stereocenters. The fraction of sp³-hybridized carbons (Fsp3) is 0.333. The number of benzene rings is 1. The number of rotatable bonds is 4. The van der Waals surface area contributed by atoms with Crippen LogP contribution in [-0.2, 0) is 11.8 Å². The summed E-state index contributed by atoms with van der Waals surface area (Å²) in [5, 5.41) is 10.3. The van der Waals surface area contributed by atoms with E-state index in [4.69, 9.17) is 0 Å². The molecule has 0 fully saturated rings. The number of nitrogens with one attached hydrogen (secondary N) is 2. The molecule has 3 rings (SSSR count). The summed E-state index contributed by atoms with van der Waals surface area (Å²) in [5.74, 6) is 0.863. The van der Waals surface area contributed by atoms with Gasteiger partial charge in [0.05, 0.1) is 12.2 Å². The van der Waals surface area contributed by atoms with Gasteiger partial charge in [-0.05, 0) is 18.7 Å². The Labute approximate surface area is 128 Å². The lowest BCUT2D eigenvalue weighted by Gasteiger charge is -2.19. The summed E-state index contributed by atoms with van der Waals surface area (Å²) in [6.45, 7) is 0. The van der Waals surface area contributed by atoms with Gasteiger partial charge in [-0.1, -0.05) is 18.2 Å². The molecular formula is C15H18N4OS. The maximum atomic E-state index is 12.5. The molecule has 0 saturated carbocycles. The minimum atomic E-state index is -0.378. The second-order valence-corrected chi connectivity index (χ2v) is 6.14. The van der Waals surface area contributed by atoms with Crippen LogP contribution in [0.25, 0.3) is 0 Å². The van der Waals surface area contributed by atoms with Gasteiger partial charge in [0.15, 0.2) is 0 Å². The van der Waals surface area contributed by atoms with Crippen molar-refractivity contribution >= 4 is 17.7 Å². The first-order chi connectivity index (χ1) is 10.2. The molecular weight excluding hydrogens is 284 g/mol. The van der Waals surface area contributed by atoms with Crippen molar-refractivity contribution in [2.75, 3.05) is 12.8 Å². The molecule has 0 radical (unpaired) electrons. The third kappa shape index (κ3) is 2.82. The molecule has 21 heavy (non-hydrogen) atoms. The highest BCUT2D eigenvalue weighted by Crippen LogP contribution is 2.37. The van der Waals surface area contributed by atoms with Crippen molar-refractivity contribution in [2.24, 2.45) is 7.05 Å². The monoisotopic (exact) mass is 302 g/mol. The summed E-state index contributed by atoms with van der Waals surface area (Å²) in [6, 6.07) is 7.92. The number of likely N-dealkylation sites (N-methyl/N-ethyl adjacent to an activating group) is 1. The van der Waals surface area contributed by atoms with Crippen molar-refractivity contribution in [3.8, 4) is 0 Å². The second-order valence-electron chi connectivity index (χ2n) is 5.08. The molecule has 0 saturated heterocycles. The van der Waals surface area contributed by atoms with Crippen molar-refractivity contribution in [3.05, 3.63) is 47.8 Å². The number of hydrogen-bond acceptors (Lipinski definition) is 4. The summed E-state index contributed by atoms with van der Waals surface area (Å²) in [4.78, 5) is 13.8. The quantitative estimate of drug-likeness (QED) is 0.901. The van der Waals surface area contributed by atoms with Gasteiger partial charge >= 0.3 is 0 Å². The van der Waals surface area contributed by atoms with E-state index in [0.717, 1.165) is 11.3 Å². The molecule has 0 bridgehead atoms. The Balaban J connectivity index is 1.74. The van der Waals surface area contributed by atoms with E-state index in [-0.39, 0.29) is 18.0 Å².